The molecule has 0 aromatic carbocycles. The molecule has 0 fully saturated rings. The summed E-state index contributed by atoms with van der Waals surface area (Å²) < 4.78 is 26.0. The Kier molecular flexibility index (Phi) is 5.64. The van der Waals surface area contributed by atoms with Crippen LogP contribution < -0.4 is 5.32 Å². The molecule has 0 bridgehead atoms. The average Bonchev–Trinajstić information content (AvgIpc) is 3.03. The van der Waals surface area contributed by atoms with Crippen molar-refractivity contribution in [2.45, 2.75) is 17.1 Å². The minimum Gasteiger partial charge on any atom is -0.311 e. The molecule has 0 aliphatic carbocycles. The predicted octanol–water partition coefficient (Wildman–Crippen LogP) is 2.18. The minimum absolute atomic E-state index is 0.180. The van der Waals surface area contributed by atoms with Crippen molar-refractivity contribution in [3.63, 3.8) is 0 Å². The molecule has 0 atom stereocenters. The van der Waals surface area contributed by atoms with E-state index >= 15 is 0 Å². The quantitative estimate of drug-likeness (QED) is 0.838. The zero-order valence-corrected chi connectivity index (χ0v) is 13.7. The highest BCUT2D eigenvalue weighted by Crippen LogP contribution is 2.20. The number of hydrogen-bond acceptors (Lipinski definition) is 5. The van der Waals surface area contributed by atoms with Crippen molar-refractivity contribution in [3.8, 4) is 0 Å². The van der Waals surface area contributed by atoms with E-state index in [-0.39, 0.29) is 18.9 Å². The van der Waals surface area contributed by atoms with Crippen LogP contribution in [0.5, 0.6) is 0 Å². The second-order valence-corrected chi connectivity index (χ2v) is 7.84. The molecule has 0 aliphatic heterocycles. The molecule has 1 amide bonds. The molecule has 0 radical (unpaired) electrons. The van der Waals surface area contributed by atoms with E-state index in [0.717, 1.165) is 0 Å². The van der Waals surface area contributed by atoms with Gasteiger partial charge in [0.15, 0.2) is 0 Å². The van der Waals surface area contributed by atoms with Crippen molar-refractivity contribution in [2.24, 2.45) is 0 Å². The highest BCUT2D eigenvalue weighted by atomic mass is 32.2. The molecule has 118 valence electrons. The molecule has 0 aliphatic rings. The van der Waals surface area contributed by atoms with Gasteiger partial charge in [0.2, 0.25) is 5.91 Å². The molecule has 6 nitrogen and oxygen atoms in total. The maximum atomic E-state index is 12.2. The fourth-order valence-electron chi connectivity index (χ4n) is 1.79. The number of pyridine rings is 1. The molecule has 2 aromatic heterocycles. The summed E-state index contributed by atoms with van der Waals surface area (Å²) in [4.78, 5) is 15.8. The van der Waals surface area contributed by atoms with E-state index in [1.807, 2.05) is 0 Å². The summed E-state index contributed by atoms with van der Waals surface area (Å²) in [6.45, 7) is 0.288. The van der Waals surface area contributed by atoms with Crippen LogP contribution in [0, 0.1) is 0 Å². The topological polar surface area (TPSA) is 79.4 Å². The first-order valence-electron chi connectivity index (χ1n) is 6.71. The molecular formula is C14H17N3O3S2. The summed E-state index contributed by atoms with van der Waals surface area (Å²) in [5.74, 6) is 0.313. The smallest absolute Gasteiger partial charge is 0.252 e. The van der Waals surface area contributed by atoms with Crippen LogP contribution in [0.4, 0.5) is 5.82 Å². The number of aromatic nitrogens is 1. The molecule has 8 heteroatoms. The highest BCUT2D eigenvalue weighted by molar-refractivity contribution is 7.91. The van der Waals surface area contributed by atoms with Crippen molar-refractivity contribution in [3.05, 3.63) is 41.9 Å². The maximum absolute atomic E-state index is 12.2. The number of amides is 1. The predicted molar refractivity (Wildman–Crippen MR) is 86.2 cm³/mol. The average molecular weight is 339 g/mol. The lowest BCUT2D eigenvalue weighted by atomic mass is 10.3. The number of hydrogen-bond donors (Lipinski definition) is 1. The number of carbonyl (C=O) groups is 1. The van der Waals surface area contributed by atoms with Crippen LogP contribution in [0.3, 0.4) is 0 Å². The molecular weight excluding hydrogens is 322 g/mol. The van der Waals surface area contributed by atoms with Crippen molar-refractivity contribution in [1.82, 2.24) is 9.29 Å². The first kappa shape index (κ1) is 16.6. The number of sulfonamides is 1. The summed E-state index contributed by atoms with van der Waals surface area (Å²) >= 11 is 1.18. The van der Waals surface area contributed by atoms with Gasteiger partial charge in [0.1, 0.15) is 10.0 Å². The molecule has 2 aromatic rings. The summed E-state index contributed by atoms with van der Waals surface area (Å²) in [5.41, 5.74) is 0. The monoisotopic (exact) mass is 339 g/mol. The van der Waals surface area contributed by atoms with Crippen LogP contribution in [0.1, 0.15) is 12.8 Å². The third-order valence-electron chi connectivity index (χ3n) is 2.97. The molecule has 2 rings (SSSR count). The second-order valence-electron chi connectivity index (χ2n) is 4.63. The van der Waals surface area contributed by atoms with Gasteiger partial charge in [-0.3, -0.25) is 4.79 Å². The number of thiophene rings is 1. The molecule has 1 N–H and O–H groups in total. The number of rotatable bonds is 7. The van der Waals surface area contributed by atoms with Gasteiger partial charge in [-0.25, -0.2) is 17.7 Å². The van der Waals surface area contributed by atoms with Gasteiger partial charge in [-0.1, -0.05) is 12.1 Å². The second kappa shape index (κ2) is 7.48. The van der Waals surface area contributed by atoms with Gasteiger partial charge in [0, 0.05) is 26.2 Å². The lowest BCUT2D eigenvalue weighted by Gasteiger charge is -2.15. The van der Waals surface area contributed by atoms with Crippen LogP contribution in [0.15, 0.2) is 46.1 Å². The van der Waals surface area contributed by atoms with Crippen LogP contribution >= 0.6 is 11.3 Å². The first-order valence-corrected chi connectivity index (χ1v) is 9.03. The van der Waals surface area contributed by atoms with Crippen LogP contribution in [0.2, 0.25) is 0 Å². The Labute approximate surface area is 133 Å². The Morgan fingerprint density at radius 3 is 2.77 bits per heavy atom. The zero-order valence-electron chi connectivity index (χ0n) is 12.1. The third-order valence-corrected chi connectivity index (χ3v) is 6.20. The largest absolute Gasteiger partial charge is 0.311 e. The van der Waals surface area contributed by atoms with E-state index in [1.54, 1.807) is 41.9 Å². The van der Waals surface area contributed by atoms with Gasteiger partial charge >= 0.3 is 0 Å². The molecule has 22 heavy (non-hydrogen) atoms. The number of carbonyl (C=O) groups excluding carboxylic acids is 1. The Balaban J connectivity index is 1.80. The number of anilines is 1. The Hall–Kier alpha value is -1.77. The first-order chi connectivity index (χ1) is 10.5. The Bertz CT molecular complexity index is 700. The van der Waals surface area contributed by atoms with Crippen LogP contribution in [-0.2, 0) is 14.8 Å². The Morgan fingerprint density at radius 1 is 1.32 bits per heavy atom. The summed E-state index contributed by atoms with van der Waals surface area (Å²) in [6, 6.07) is 8.52. The fraction of sp³-hybridized carbons (Fsp3) is 0.286. The van der Waals surface area contributed by atoms with Gasteiger partial charge in [0.25, 0.3) is 10.0 Å². The maximum Gasteiger partial charge on any atom is 0.252 e. The summed E-state index contributed by atoms with van der Waals surface area (Å²) in [6.07, 6.45) is 2.28. The van der Waals surface area contributed by atoms with E-state index in [1.165, 1.54) is 22.7 Å². The van der Waals surface area contributed by atoms with Gasteiger partial charge in [0.05, 0.1) is 0 Å². The molecule has 0 spiro atoms. The lowest BCUT2D eigenvalue weighted by molar-refractivity contribution is -0.116. The van der Waals surface area contributed by atoms with E-state index in [2.05, 4.69) is 10.3 Å². The normalized spacial score (nSPS) is 11.5. The van der Waals surface area contributed by atoms with Gasteiger partial charge in [-0.05, 0) is 30.0 Å². The standard InChI is InChI=1S/C14H17N3O3S2/c1-17(22(19,20)14-8-5-11-21-14)10-4-7-13(18)16-12-6-2-3-9-15-12/h2-3,5-6,8-9,11H,4,7,10H2,1H3,(H,15,16,18). The van der Waals surface area contributed by atoms with Gasteiger partial charge < -0.3 is 5.32 Å². The summed E-state index contributed by atoms with van der Waals surface area (Å²) in [5, 5.41) is 4.39. The van der Waals surface area contributed by atoms with Crippen molar-refractivity contribution in [2.75, 3.05) is 18.9 Å². The molecule has 0 unspecified atom stereocenters. The zero-order chi connectivity index (χ0) is 16.0. The van der Waals surface area contributed by atoms with Crippen molar-refractivity contribution < 1.29 is 13.2 Å². The number of nitrogens with one attached hydrogen (secondary N) is 1. The van der Waals surface area contributed by atoms with Gasteiger partial charge in [-0.15, -0.1) is 11.3 Å². The van der Waals surface area contributed by atoms with E-state index in [4.69, 9.17) is 0 Å². The van der Waals surface area contributed by atoms with E-state index < -0.39 is 10.0 Å². The third kappa shape index (κ3) is 4.36. The minimum atomic E-state index is -3.44. The number of nitrogens with zero attached hydrogens (tertiary/aromatic N) is 2. The molecule has 0 saturated carbocycles. The fourth-order valence-corrected chi connectivity index (χ4v) is 4.20. The van der Waals surface area contributed by atoms with Crippen molar-refractivity contribution >= 4 is 33.1 Å². The molecule has 0 saturated heterocycles. The molecule has 2 heterocycles. The van der Waals surface area contributed by atoms with Crippen LogP contribution in [-0.4, -0.2) is 37.2 Å². The summed E-state index contributed by atoms with van der Waals surface area (Å²) in [7, 11) is -1.93. The lowest BCUT2D eigenvalue weighted by Crippen LogP contribution is -2.28. The van der Waals surface area contributed by atoms with E-state index in [0.29, 0.717) is 16.4 Å². The SMILES string of the molecule is CN(CCCC(=O)Nc1ccccn1)S(=O)(=O)c1cccs1. The van der Waals surface area contributed by atoms with Gasteiger partial charge in [-0.2, -0.15) is 0 Å². The van der Waals surface area contributed by atoms with Crippen LogP contribution in [0.25, 0.3) is 0 Å². The highest BCUT2D eigenvalue weighted by Gasteiger charge is 2.21. The Morgan fingerprint density at radius 2 is 2.14 bits per heavy atom. The van der Waals surface area contributed by atoms with E-state index in [9.17, 15) is 13.2 Å². The van der Waals surface area contributed by atoms with Crippen molar-refractivity contribution in [1.29, 1.82) is 0 Å².